The fourth-order valence-corrected chi connectivity index (χ4v) is 3.54. The molecule has 30 heavy (non-hydrogen) atoms. The van der Waals surface area contributed by atoms with Crippen LogP contribution in [0.3, 0.4) is 0 Å². The lowest BCUT2D eigenvalue weighted by molar-refractivity contribution is 0.354. The van der Waals surface area contributed by atoms with Crippen LogP contribution in [0.15, 0.2) is 47.6 Å². The van der Waals surface area contributed by atoms with E-state index in [1.165, 1.54) is 0 Å². The molecule has 1 heterocycles. The van der Waals surface area contributed by atoms with Crippen molar-refractivity contribution >= 4 is 17.8 Å². The summed E-state index contributed by atoms with van der Waals surface area (Å²) >= 11 is 6.21. The first-order chi connectivity index (χ1) is 14.5. The lowest BCUT2D eigenvalue weighted by atomic mass is 10.2. The van der Waals surface area contributed by atoms with Crippen LogP contribution < -0.4 is 19.6 Å². The number of nitrogens with one attached hydrogen (secondary N) is 1. The molecule has 0 saturated carbocycles. The molecule has 2 aromatic carbocycles. The van der Waals surface area contributed by atoms with E-state index in [4.69, 9.17) is 25.8 Å². The van der Waals surface area contributed by atoms with E-state index in [1.807, 2.05) is 56.5 Å². The number of hydrogen-bond donors (Lipinski definition) is 1. The second kappa shape index (κ2) is 9.59. The second-order valence-corrected chi connectivity index (χ2v) is 7.20. The molecule has 1 N–H and O–H groups in total. The molecule has 0 unspecified atom stereocenters. The van der Waals surface area contributed by atoms with Gasteiger partial charge in [-0.3, -0.25) is 0 Å². The molecule has 0 saturated heterocycles. The van der Waals surface area contributed by atoms with E-state index < -0.39 is 0 Å². The number of aromatic nitrogens is 1. The van der Waals surface area contributed by atoms with E-state index in [0.29, 0.717) is 23.1 Å². The maximum absolute atomic E-state index is 6.21. The SMILES string of the molecule is COc1ccc(CN/N=C/c2cc(C)n(-c3cc(Cl)ccc3OC)c2C)cc1OC. The second-order valence-electron chi connectivity index (χ2n) is 6.76. The molecule has 6 nitrogen and oxygen atoms in total. The highest BCUT2D eigenvalue weighted by molar-refractivity contribution is 6.30. The predicted octanol–water partition coefficient (Wildman–Crippen LogP) is 4.90. The third-order valence-electron chi connectivity index (χ3n) is 4.88. The first kappa shape index (κ1) is 21.6. The maximum Gasteiger partial charge on any atom is 0.161 e. The van der Waals surface area contributed by atoms with Gasteiger partial charge in [0.15, 0.2) is 11.5 Å². The Hall–Kier alpha value is -3.12. The zero-order chi connectivity index (χ0) is 21.7. The monoisotopic (exact) mass is 427 g/mol. The molecule has 1 aromatic heterocycles. The van der Waals surface area contributed by atoms with Crippen LogP contribution in [0.1, 0.15) is 22.5 Å². The van der Waals surface area contributed by atoms with Crippen molar-refractivity contribution in [2.75, 3.05) is 21.3 Å². The lowest BCUT2D eigenvalue weighted by Gasteiger charge is -2.14. The zero-order valence-corrected chi connectivity index (χ0v) is 18.6. The fraction of sp³-hybridized carbons (Fsp3) is 0.261. The molecule has 3 aromatic rings. The molecule has 3 rings (SSSR count). The zero-order valence-electron chi connectivity index (χ0n) is 17.8. The Bertz CT molecular complexity index is 1060. The van der Waals surface area contributed by atoms with Gasteiger partial charge in [-0.15, -0.1) is 0 Å². The molecule has 0 aliphatic heterocycles. The molecule has 158 valence electrons. The summed E-state index contributed by atoms with van der Waals surface area (Å²) in [7, 11) is 4.90. The Labute approximate surface area is 182 Å². The van der Waals surface area contributed by atoms with Crippen molar-refractivity contribution in [1.82, 2.24) is 9.99 Å². The van der Waals surface area contributed by atoms with Gasteiger partial charge in [0.1, 0.15) is 5.75 Å². The van der Waals surface area contributed by atoms with E-state index in [2.05, 4.69) is 21.2 Å². The molecular weight excluding hydrogens is 402 g/mol. The van der Waals surface area contributed by atoms with Gasteiger partial charge < -0.3 is 24.2 Å². The lowest BCUT2D eigenvalue weighted by Crippen LogP contribution is -2.06. The van der Waals surface area contributed by atoms with E-state index in [9.17, 15) is 0 Å². The van der Waals surface area contributed by atoms with Crippen LogP contribution in [0.25, 0.3) is 5.69 Å². The summed E-state index contributed by atoms with van der Waals surface area (Å²) in [5.41, 5.74) is 8.14. The van der Waals surface area contributed by atoms with Crippen LogP contribution >= 0.6 is 11.6 Å². The van der Waals surface area contributed by atoms with E-state index >= 15 is 0 Å². The van der Waals surface area contributed by atoms with Gasteiger partial charge >= 0.3 is 0 Å². The van der Waals surface area contributed by atoms with Crippen molar-refractivity contribution in [3.8, 4) is 22.9 Å². The summed E-state index contributed by atoms with van der Waals surface area (Å²) in [4.78, 5) is 0. The van der Waals surface area contributed by atoms with Gasteiger partial charge in [0.25, 0.3) is 0 Å². The summed E-state index contributed by atoms with van der Waals surface area (Å²) in [5, 5.41) is 5.04. The molecule has 0 radical (unpaired) electrons. The molecule has 0 atom stereocenters. The van der Waals surface area contributed by atoms with Crippen molar-refractivity contribution in [3.63, 3.8) is 0 Å². The molecule has 0 amide bonds. The van der Waals surface area contributed by atoms with Gasteiger partial charge in [-0.2, -0.15) is 5.10 Å². The average Bonchev–Trinajstić information content (AvgIpc) is 3.03. The minimum absolute atomic E-state index is 0.567. The van der Waals surface area contributed by atoms with Crippen molar-refractivity contribution in [1.29, 1.82) is 0 Å². The van der Waals surface area contributed by atoms with Gasteiger partial charge in [-0.05, 0) is 55.8 Å². The Morgan fingerprint density at radius 2 is 1.63 bits per heavy atom. The Kier molecular flexibility index (Phi) is 6.90. The number of hydrazone groups is 1. The Balaban J connectivity index is 1.77. The average molecular weight is 428 g/mol. The molecule has 0 aliphatic carbocycles. The molecular formula is C23H26ClN3O3. The standard InChI is InChI=1S/C23H26ClN3O3/c1-15-10-18(16(2)27(15)20-12-19(24)7-9-21(20)28-3)14-26-25-13-17-6-8-22(29-4)23(11-17)30-5/h6-12,14,25H,13H2,1-5H3/b26-14+. The number of halogens is 1. The third kappa shape index (κ3) is 4.54. The van der Waals surface area contributed by atoms with Gasteiger partial charge in [0.05, 0.1) is 39.8 Å². The number of rotatable bonds is 8. The van der Waals surface area contributed by atoms with Crippen LogP contribution in [-0.2, 0) is 6.54 Å². The first-order valence-corrected chi connectivity index (χ1v) is 9.86. The summed E-state index contributed by atoms with van der Waals surface area (Å²) in [6.07, 6.45) is 1.82. The maximum atomic E-state index is 6.21. The van der Waals surface area contributed by atoms with Gasteiger partial charge in [0.2, 0.25) is 0 Å². The van der Waals surface area contributed by atoms with E-state index in [1.54, 1.807) is 21.3 Å². The number of hydrogen-bond acceptors (Lipinski definition) is 5. The number of benzene rings is 2. The van der Waals surface area contributed by atoms with Gasteiger partial charge in [-0.1, -0.05) is 17.7 Å². The summed E-state index contributed by atoms with van der Waals surface area (Å²) < 4.78 is 18.2. The fourth-order valence-electron chi connectivity index (χ4n) is 3.37. The molecule has 0 fully saturated rings. The molecule has 0 aliphatic rings. The number of nitrogens with zero attached hydrogens (tertiary/aromatic N) is 2. The minimum Gasteiger partial charge on any atom is -0.495 e. The smallest absolute Gasteiger partial charge is 0.161 e. The number of aryl methyl sites for hydroxylation is 1. The molecule has 0 spiro atoms. The summed E-state index contributed by atoms with van der Waals surface area (Å²) in [5.74, 6) is 2.16. The quantitative estimate of drug-likeness (QED) is 0.410. The summed E-state index contributed by atoms with van der Waals surface area (Å²) in [6, 6.07) is 13.5. The minimum atomic E-state index is 0.567. The highest BCUT2D eigenvalue weighted by Crippen LogP contribution is 2.30. The normalized spacial score (nSPS) is 11.0. The molecule has 0 bridgehead atoms. The van der Waals surface area contributed by atoms with Crippen LogP contribution in [-0.4, -0.2) is 32.1 Å². The first-order valence-electron chi connectivity index (χ1n) is 9.48. The number of methoxy groups -OCH3 is 3. The van der Waals surface area contributed by atoms with E-state index in [0.717, 1.165) is 34.0 Å². The van der Waals surface area contributed by atoms with Crippen LogP contribution in [0.5, 0.6) is 17.2 Å². The topological polar surface area (TPSA) is 57.0 Å². The van der Waals surface area contributed by atoms with Crippen molar-refractivity contribution in [2.24, 2.45) is 5.10 Å². The predicted molar refractivity (Wildman–Crippen MR) is 121 cm³/mol. The van der Waals surface area contributed by atoms with Gasteiger partial charge in [0, 0.05) is 22.0 Å². The Morgan fingerprint density at radius 3 is 2.33 bits per heavy atom. The number of ether oxygens (including phenoxy) is 3. The van der Waals surface area contributed by atoms with Gasteiger partial charge in [-0.25, -0.2) is 0 Å². The molecule has 7 heteroatoms. The summed E-state index contributed by atoms with van der Waals surface area (Å²) in [6.45, 7) is 4.66. The third-order valence-corrected chi connectivity index (χ3v) is 5.11. The van der Waals surface area contributed by atoms with Crippen LogP contribution in [0.2, 0.25) is 5.02 Å². The van der Waals surface area contributed by atoms with E-state index in [-0.39, 0.29) is 0 Å². The van der Waals surface area contributed by atoms with Crippen molar-refractivity contribution in [2.45, 2.75) is 20.4 Å². The largest absolute Gasteiger partial charge is 0.495 e. The highest BCUT2D eigenvalue weighted by atomic mass is 35.5. The van der Waals surface area contributed by atoms with Crippen molar-refractivity contribution in [3.05, 3.63) is 70.0 Å². The van der Waals surface area contributed by atoms with Crippen molar-refractivity contribution < 1.29 is 14.2 Å². The van der Waals surface area contributed by atoms with Crippen LogP contribution in [0.4, 0.5) is 0 Å². The van der Waals surface area contributed by atoms with Crippen LogP contribution in [0, 0.1) is 13.8 Å². The Morgan fingerprint density at radius 1 is 0.933 bits per heavy atom. The highest BCUT2D eigenvalue weighted by Gasteiger charge is 2.14.